The summed E-state index contributed by atoms with van der Waals surface area (Å²) in [6.07, 6.45) is 0.645. The average molecular weight is 246 g/mol. The van der Waals surface area contributed by atoms with Crippen molar-refractivity contribution in [3.63, 3.8) is 0 Å². The first-order chi connectivity index (χ1) is 8.52. The normalized spacial score (nSPS) is 10.6. The predicted octanol–water partition coefficient (Wildman–Crippen LogP) is 3.12. The van der Waals surface area contributed by atoms with E-state index >= 15 is 0 Å². The van der Waals surface area contributed by atoms with Gasteiger partial charge in [0, 0.05) is 18.7 Å². The van der Waals surface area contributed by atoms with Gasteiger partial charge in [-0.3, -0.25) is 9.59 Å². The zero-order chi connectivity index (χ0) is 13.3. The van der Waals surface area contributed by atoms with E-state index in [0.29, 0.717) is 34.5 Å². The Bertz CT molecular complexity index is 622. The number of fused-ring (bicyclic) bond motifs is 1. The SMILES string of the molecule is CCc1oc2ccc(OC(C)=O)cc2c1C(C)=O. The van der Waals surface area contributed by atoms with Gasteiger partial charge < -0.3 is 9.15 Å². The van der Waals surface area contributed by atoms with E-state index < -0.39 is 5.97 Å². The van der Waals surface area contributed by atoms with Gasteiger partial charge in [0.2, 0.25) is 0 Å². The molecule has 0 aliphatic rings. The topological polar surface area (TPSA) is 56.5 Å². The summed E-state index contributed by atoms with van der Waals surface area (Å²) in [5, 5.41) is 0.693. The third-order valence-corrected chi connectivity index (χ3v) is 2.67. The summed E-state index contributed by atoms with van der Waals surface area (Å²) >= 11 is 0. The van der Waals surface area contributed by atoms with Gasteiger partial charge in [0.05, 0.1) is 5.56 Å². The van der Waals surface area contributed by atoms with Crippen LogP contribution in [0.25, 0.3) is 11.0 Å². The van der Waals surface area contributed by atoms with Gasteiger partial charge in [-0.05, 0) is 25.1 Å². The van der Waals surface area contributed by atoms with Crippen molar-refractivity contribution in [2.75, 3.05) is 0 Å². The monoisotopic (exact) mass is 246 g/mol. The summed E-state index contributed by atoms with van der Waals surface area (Å²) in [7, 11) is 0. The van der Waals surface area contributed by atoms with E-state index in [4.69, 9.17) is 9.15 Å². The average Bonchev–Trinajstić information content (AvgIpc) is 2.65. The van der Waals surface area contributed by atoms with E-state index in [2.05, 4.69) is 0 Å². The second-order valence-corrected chi connectivity index (χ2v) is 4.06. The maximum absolute atomic E-state index is 11.7. The molecule has 18 heavy (non-hydrogen) atoms. The number of hydrogen-bond acceptors (Lipinski definition) is 4. The Balaban J connectivity index is 2.63. The van der Waals surface area contributed by atoms with Crippen molar-refractivity contribution in [1.82, 2.24) is 0 Å². The Hall–Kier alpha value is -2.10. The van der Waals surface area contributed by atoms with Crippen molar-refractivity contribution in [3.8, 4) is 5.75 Å². The Morgan fingerprint density at radius 1 is 1.28 bits per heavy atom. The zero-order valence-electron chi connectivity index (χ0n) is 10.6. The molecule has 1 aromatic carbocycles. The molecule has 94 valence electrons. The van der Waals surface area contributed by atoms with Crippen LogP contribution in [0.2, 0.25) is 0 Å². The quantitative estimate of drug-likeness (QED) is 0.474. The molecule has 4 nitrogen and oxygen atoms in total. The number of ether oxygens (including phenoxy) is 1. The lowest BCUT2D eigenvalue weighted by Crippen LogP contribution is -2.01. The number of carbonyl (C=O) groups is 2. The molecule has 4 heteroatoms. The molecular formula is C14H14O4. The molecule has 0 saturated heterocycles. The lowest BCUT2D eigenvalue weighted by molar-refractivity contribution is -0.131. The van der Waals surface area contributed by atoms with Crippen molar-refractivity contribution >= 4 is 22.7 Å². The lowest BCUT2D eigenvalue weighted by Gasteiger charge is -2.00. The summed E-state index contributed by atoms with van der Waals surface area (Å²) in [5.41, 5.74) is 1.20. The zero-order valence-corrected chi connectivity index (χ0v) is 10.6. The van der Waals surface area contributed by atoms with E-state index in [0.717, 1.165) is 0 Å². The van der Waals surface area contributed by atoms with Crippen LogP contribution in [-0.2, 0) is 11.2 Å². The smallest absolute Gasteiger partial charge is 0.308 e. The number of esters is 1. The molecule has 0 unspecified atom stereocenters. The lowest BCUT2D eigenvalue weighted by atomic mass is 10.1. The molecule has 0 amide bonds. The number of benzene rings is 1. The molecule has 0 radical (unpaired) electrons. The molecule has 1 aromatic heterocycles. The number of carbonyl (C=O) groups excluding carboxylic acids is 2. The number of Topliss-reactive ketones (excluding diaryl/α,β-unsaturated/α-hetero) is 1. The van der Waals surface area contributed by atoms with Crippen LogP contribution >= 0.6 is 0 Å². The number of ketones is 1. The highest BCUT2D eigenvalue weighted by atomic mass is 16.5. The second-order valence-electron chi connectivity index (χ2n) is 4.06. The van der Waals surface area contributed by atoms with Gasteiger partial charge in [0.15, 0.2) is 5.78 Å². The standard InChI is InChI=1S/C14H14O4/c1-4-12-14(8(2)15)11-7-10(17-9(3)16)5-6-13(11)18-12/h5-7H,4H2,1-3H3. The molecule has 0 fully saturated rings. The molecule has 0 spiro atoms. The van der Waals surface area contributed by atoms with Crippen molar-refractivity contribution in [3.05, 3.63) is 29.5 Å². The molecule has 0 atom stereocenters. The summed E-state index contributed by atoms with van der Waals surface area (Å²) in [5.74, 6) is 0.641. The first-order valence-electron chi connectivity index (χ1n) is 5.77. The molecule has 0 aliphatic heterocycles. The molecule has 0 bridgehead atoms. The fourth-order valence-corrected chi connectivity index (χ4v) is 1.99. The van der Waals surface area contributed by atoms with Gasteiger partial charge in [-0.25, -0.2) is 0 Å². The highest BCUT2D eigenvalue weighted by Gasteiger charge is 2.17. The first kappa shape index (κ1) is 12.4. The van der Waals surface area contributed by atoms with Crippen molar-refractivity contribution in [2.24, 2.45) is 0 Å². The number of rotatable bonds is 3. The molecule has 0 N–H and O–H groups in total. The van der Waals surface area contributed by atoms with Crippen LogP contribution in [-0.4, -0.2) is 11.8 Å². The number of hydrogen-bond donors (Lipinski definition) is 0. The molecule has 2 rings (SSSR count). The van der Waals surface area contributed by atoms with Crippen molar-refractivity contribution in [2.45, 2.75) is 27.2 Å². The van der Waals surface area contributed by atoms with Gasteiger partial charge in [-0.2, -0.15) is 0 Å². The van der Waals surface area contributed by atoms with Crippen molar-refractivity contribution in [1.29, 1.82) is 0 Å². The third-order valence-electron chi connectivity index (χ3n) is 2.67. The van der Waals surface area contributed by atoms with E-state index in [1.807, 2.05) is 6.92 Å². The Labute approximate surface area is 105 Å². The van der Waals surface area contributed by atoms with E-state index in [1.54, 1.807) is 18.2 Å². The molecule has 0 aliphatic carbocycles. The fraction of sp³-hybridized carbons (Fsp3) is 0.286. The summed E-state index contributed by atoms with van der Waals surface area (Å²) < 4.78 is 10.6. The van der Waals surface area contributed by atoms with Gasteiger partial charge in [-0.1, -0.05) is 6.92 Å². The Morgan fingerprint density at radius 2 is 2.00 bits per heavy atom. The maximum Gasteiger partial charge on any atom is 0.308 e. The Kier molecular flexibility index (Phi) is 3.19. The fourth-order valence-electron chi connectivity index (χ4n) is 1.99. The minimum atomic E-state index is -0.391. The summed E-state index contributed by atoms with van der Waals surface area (Å²) in [4.78, 5) is 22.6. The third kappa shape index (κ3) is 2.14. The second kappa shape index (κ2) is 4.64. The van der Waals surface area contributed by atoms with Crippen molar-refractivity contribution < 1.29 is 18.7 Å². The number of aryl methyl sites for hydroxylation is 1. The van der Waals surface area contributed by atoms with Gasteiger partial charge >= 0.3 is 5.97 Å². The van der Waals surface area contributed by atoms with Gasteiger partial charge in [0.25, 0.3) is 0 Å². The molecule has 2 aromatic rings. The maximum atomic E-state index is 11.7. The van der Waals surface area contributed by atoms with Crippen LogP contribution < -0.4 is 4.74 Å². The number of furan rings is 1. The van der Waals surface area contributed by atoms with Crippen LogP contribution in [0.1, 0.15) is 36.9 Å². The van der Waals surface area contributed by atoms with Crippen LogP contribution in [0.5, 0.6) is 5.75 Å². The Morgan fingerprint density at radius 3 is 2.56 bits per heavy atom. The molecule has 0 saturated carbocycles. The summed E-state index contributed by atoms with van der Waals surface area (Å²) in [6.45, 7) is 4.77. The van der Waals surface area contributed by atoms with Crippen LogP contribution in [0.3, 0.4) is 0 Å². The van der Waals surface area contributed by atoms with Gasteiger partial charge in [0.1, 0.15) is 17.1 Å². The highest BCUT2D eigenvalue weighted by molar-refractivity contribution is 6.07. The largest absolute Gasteiger partial charge is 0.460 e. The molecule has 1 heterocycles. The van der Waals surface area contributed by atoms with E-state index in [9.17, 15) is 9.59 Å². The van der Waals surface area contributed by atoms with Gasteiger partial charge in [-0.15, -0.1) is 0 Å². The van der Waals surface area contributed by atoms with Crippen LogP contribution in [0, 0.1) is 0 Å². The predicted molar refractivity (Wildman–Crippen MR) is 66.9 cm³/mol. The first-order valence-corrected chi connectivity index (χ1v) is 5.77. The highest BCUT2D eigenvalue weighted by Crippen LogP contribution is 2.30. The van der Waals surface area contributed by atoms with E-state index in [1.165, 1.54) is 13.8 Å². The minimum Gasteiger partial charge on any atom is -0.460 e. The van der Waals surface area contributed by atoms with E-state index in [-0.39, 0.29) is 5.78 Å². The van der Waals surface area contributed by atoms with Crippen LogP contribution in [0.15, 0.2) is 22.6 Å². The minimum absolute atomic E-state index is 0.0504. The van der Waals surface area contributed by atoms with Crippen LogP contribution in [0.4, 0.5) is 0 Å². The molecular weight excluding hydrogens is 232 g/mol. The summed E-state index contributed by atoms with van der Waals surface area (Å²) in [6, 6.07) is 5.02.